The summed E-state index contributed by atoms with van der Waals surface area (Å²) in [6.07, 6.45) is 10.8. The third-order valence-electron chi connectivity index (χ3n) is 7.44. The molecule has 0 heterocycles. The van der Waals surface area contributed by atoms with Crippen LogP contribution in [-0.2, 0) is 20.9 Å². The number of aliphatic carboxylic acids is 1. The molecule has 0 saturated heterocycles. The largest absolute Gasteiger partial charge is 0.480 e. The van der Waals surface area contributed by atoms with Gasteiger partial charge in [-0.15, -0.1) is 0 Å². The smallest absolute Gasteiger partial charge is 0.326 e. The van der Waals surface area contributed by atoms with Crippen LogP contribution in [0.3, 0.4) is 0 Å². The summed E-state index contributed by atoms with van der Waals surface area (Å²) in [6, 6.07) is 12.7. The van der Waals surface area contributed by atoms with Gasteiger partial charge in [-0.05, 0) is 78.5 Å². The molecule has 2 aromatic carbocycles. The van der Waals surface area contributed by atoms with Crippen molar-refractivity contribution in [3.63, 3.8) is 0 Å². The van der Waals surface area contributed by atoms with Gasteiger partial charge in [0, 0.05) is 12.2 Å². The van der Waals surface area contributed by atoms with E-state index in [2.05, 4.69) is 12.2 Å². The fraction of sp³-hybridized carbons (Fsp3) is 0.562. The highest BCUT2D eigenvalue weighted by Gasteiger charge is 2.24. The SMILES string of the molecule is CCCOC[C@H](CC1CCCCC1)OCc1ccc(C(=O)N[C@@H](CCSC)C(=O)O)c(-c2ccccc2C)c1. The highest BCUT2D eigenvalue weighted by Crippen LogP contribution is 2.30. The molecule has 0 aromatic heterocycles. The van der Waals surface area contributed by atoms with Crippen LogP contribution in [0.25, 0.3) is 11.1 Å². The summed E-state index contributed by atoms with van der Waals surface area (Å²) in [6.45, 7) is 5.90. The second-order valence-corrected chi connectivity index (χ2v) is 11.6. The van der Waals surface area contributed by atoms with Gasteiger partial charge in [-0.25, -0.2) is 4.79 Å². The van der Waals surface area contributed by atoms with Gasteiger partial charge in [-0.2, -0.15) is 11.8 Å². The summed E-state index contributed by atoms with van der Waals surface area (Å²) in [5.74, 6) is -0.0512. The van der Waals surface area contributed by atoms with Crippen LogP contribution in [0.1, 0.15) is 79.8 Å². The van der Waals surface area contributed by atoms with Crippen LogP contribution in [0.4, 0.5) is 0 Å². The van der Waals surface area contributed by atoms with Crippen LogP contribution >= 0.6 is 11.8 Å². The Kier molecular flexibility index (Phi) is 13.3. The minimum atomic E-state index is -1.02. The molecule has 2 N–H and O–H groups in total. The van der Waals surface area contributed by atoms with Gasteiger partial charge in [0.05, 0.1) is 19.3 Å². The molecule has 1 saturated carbocycles. The lowest BCUT2D eigenvalue weighted by molar-refractivity contribution is -0.139. The monoisotopic (exact) mass is 555 g/mol. The molecule has 1 fully saturated rings. The minimum Gasteiger partial charge on any atom is -0.480 e. The van der Waals surface area contributed by atoms with Gasteiger partial charge in [0.1, 0.15) is 6.04 Å². The number of nitrogens with one attached hydrogen (secondary N) is 1. The van der Waals surface area contributed by atoms with E-state index < -0.39 is 12.0 Å². The molecular weight excluding hydrogens is 510 g/mol. The van der Waals surface area contributed by atoms with Gasteiger partial charge in [0.25, 0.3) is 5.91 Å². The molecule has 2 atom stereocenters. The van der Waals surface area contributed by atoms with E-state index >= 15 is 0 Å². The first-order valence-corrected chi connectivity index (χ1v) is 15.7. The molecule has 3 rings (SSSR count). The molecule has 39 heavy (non-hydrogen) atoms. The first-order chi connectivity index (χ1) is 18.9. The van der Waals surface area contributed by atoms with Gasteiger partial charge < -0.3 is 19.9 Å². The molecular formula is C32H45NO5S. The van der Waals surface area contributed by atoms with E-state index in [1.54, 1.807) is 17.8 Å². The van der Waals surface area contributed by atoms with Crippen molar-refractivity contribution in [1.82, 2.24) is 5.32 Å². The van der Waals surface area contributed by atoms with E-state index in [9.17, 15) is 14.7 Å². The average Bonchev–Trinajstić information content (AvgIpc) is 2.94. The molecule has 0 unspecified atom stereocenters. The van der Waals surface area contributed by atoms with Crippen molar-refractivity contribution in [2.75, 3.05) is 25.2 Å². The zero-order chi connectivity index (χ0) is 28.0. The van der Waals surface area contributed by atoms with E-state index in [4.69, 9.17) is 9.47 Å². The lowest BCUT2D eigenvalue weighted by atomic mass is 9.85. The third-order valence-corrected chi connectivity index (χ3v) is 8.08. The zero-order valence-electron chi connectivity index (χ0n) is 23.7. The van der Waals surface area contributed by atoms with Crippen molar-refractivity contribution in [3.05, 3.63) is 59.2 Å². The number of hydrogen-bond acceptors (Lipinski definition) is 5. The number of carbonyl (C=O) groups is 2. The standard InChI is InChI=1S/C32H45NO5S/c1-4-17-37-22-26(19-24-11-6-5-7-12-24)38-21-25-14-15-28(29(20-25)27-13-9-8-10-23(27)2)31(34)33-30(32(35)36)16-18-39-3/h8-10,13-15,20,24,26,30H,4-7,11-12,16-19,21-22H2,1-3H3,(H,33,34)(H,35,36)/t26-,30-/m0/s1. The number of carboxylic acids is 1. The molecule has 2 aromatic rings. The van der Waals surface area contributed by atoms with Gasteiger partial charge in [0.2, 0.25) is 0 Å². The second kappa shape index (κ2) is 16.7. The number of carboxylic acid groups (broad SMARTS) is 1. The Morgan fingerprint density at radius 3 is 2.56 bits per heavy atom. The summed E-state index contributed by atoms with van der Waals surface area (Å²) >= 11 is 1.56. The third kappa shape index (κ3) is 9.96. The molecule has 7 heteroatoms. The predicted octanol–water partition coefficient (Wildman–Crippen LogP) is 6.88. The van der Waals surface area contributed by atoms with E-state index in [0.717, 1.165) is 41.7 Å². The summed E-state index contributed by atoms with van der Waals surface area (Å²) in [7, 11) is 0. The molecule has 214 valence electrons. The number of ether oxygens (including phenoxy) is 2. The molecule has 0 radical (unpaired) electrons. The lowest BCUT2D eigenvalue weighted by Crippen LogP contribution is -2.41. The normalized spacial score (nSPS) is 15.6. The van der Waals surface area contributed by atoms with Crippen molar-refractivity contribution >= 4 is 23.6 Å². The van der Waals surface area contributed by atoms with Crippen LogP contribution in [0.5, 0.6) is 0 Å². The maximum absolute atomic E-state index is 13.3. The Labute approximate surface area is 238 Å². The Morgan fingerprint density at radius 2 is 1.87 bits per heavy atom. The lowest BCUT2D eigenvalue weighted by Gasteiger charge is -2.27. The van der Waals surface area contributed by atoms with E-state index in [1.165, 1.54) is 32.1 Å². The Morgan fingerprint density at radius 1 is 1.10 bits per heavy atom. The minimum absolute atomic E-state index is 0.0392. The molecule has 1 aliphatic carbocycles. The van der Waals surface area contributed by atoms with Gasteiger partial charge >= 0.3 is 5.97 Å². The Hall–Kier alpha value is -2.35. The Balaban J connectivity index is 1.81. The van der Waals surface area contributed by atoms with Crippen LogP contribution in [0, 0.1) is 12.8 Å². The molecule has 6 nitrogen and oxygen atoms in total. The number of thioether (sulfide) groups is 1. The van der Waals surface area contributed by atoms with E-state index in [0.29, 0.717) is 36.9 Å². The number of amides is 1. The van der Waals surface area contributed by atoms with Crippen molar-refractivity contribution in [2.24, 2.45) is 5.92 Å². The molecule has 0 spiro atoms. The zero-order valence-corrected chi connectivity index (χ0v) is 24.6. The fourth-order valence-corrected chi connectivity index (χ4v) is 5.73. The number of rotatable bonds is 16. The van der Waals surface area contributed by atoms with E-state index in [1.807, 2.05) is 49.6 Å². The number of aryl methyl sites for hydroxylation is 1. The second-order valence-electron chi connectivity index (χ2n) is 10.6. The van der Waals surface area contributed by atoms with Crippen molar-refractivity contribution in [1.29, 1.82) is 0 Å². The van der Waals surface area contributed by atoms with Crippen LogP contribution < -0.4 is 5.32 Å². The number of carbonyl (C=O) groups excluding carboxylic acids is 1. The van der Waals surface area contributed by atoms with Crippen LogP contribution in [-0.4, -0.2) is 54.4 Å². The molecule has 0 bridgehead atoms. The summed E-state index contributed by atoms with van der Waals surface area (Å²) in [4.78, 5) is 25.1. The maximum atomic E-state index is 13.3. The number of benzene rings is 2. The van der Waals surface area contributed by atoms with Crippen molar-refractivity contribution < 1.29 is 24.2 Å². The Bertz CT molecular complexity index is 1050. The van der Waals surface area contributed by atoms with Crippen molar-refractivity contribution in [3.8, 4) is 11.1 Å². The molecule has 1 aliphatic rings. The van der Waals surface area contributed by atoms with Gasteiger partial charge in [-0.3, -0.25) is 4.79 Å². The first-order valence-electron chi connectivity index (χ1n) is 14.3. The fourth-order valence-electron chi connectivity index (χ4n) is 5.26. The van der Waals surface area contributed by atoms with E-state index in [-0.39, 0.29) is 12.0 Å². The van der Waals surface area contributed by atoms with Gasteiger partial charge in [0.15, 0.2) is 0 Å². The van der Waals surface area contributed by atoms with Crippen LogP contribution in [0.2, 0.25) is 0 Å². The molecule has 1 amide bonds. The summed E-state index contributed by atoms with van der Waals surface area (Å²) in [5.41, 5.74) is 4.22. The van der Waals surface area contributed by atoms with Crippen molar-refractivity contribution in [2.45, 2.75) is 84.0 Å². The summed E-state index contributed by atoms with van der Waals surface area (Å²) in [5, 5.41) is 12.4. The first kappa shape index (κ1) is 31.2. The highest BCUT2D eigenvalue weighted by molar-refractivity contribution is 7.98. The highest BCUT2D eigenvalue weighted by atomic mass is 32.2. The maximum Gasteiger partial charge on any atom is 0.326 e. The quantitative estimate of drug-likeness (QED) is 0.220. The topological polar surface area (TPSA) is 84.9 Å². The van der Waals surface area contributed by atoms with Crippen LogP contribution in [0.15, 0.2) is 42.5 Å². The summed E-state index contributed by atoms with van der Waals surface area (Å²) < 4.78 is 12.3. The number of hydrogen-bond donors (Lipinski definition) is 2. The average molecular weight is 556 g/mol. The van der Waals surface area contributed by atoms with Gasteiger partial charge in [-0.1, -0.05) is 69.4 Å². The molecule has 0 aliphatic heterocycles. The predicted molar refractivity (Wildman–Crippen MR) is 159 cm³/mol.